The van der Waals surface area contributed by atoms with Crippen molar-refractivity contribution in [2.24, 2.45) is 5.92 Å². The normalized spacial score (nSPS) is 21.3. The summed E-state index contributed by atoms with van der Waals surface area (Å²) in [4.78, 5) is 24.2. The van der Waals surface area contributed by atoms with Crippen LogP contribution in [-0.4, -0.2) is 35.1 Å². The summed E-state index contributed by atoms with van der Waals surface area (Å²) >= 11 is 0. The Balaban J connectivity index is 2.08. The lowest BCUT2D eigenvalue weighted by Gasteiger charge is -2.25. The van der Waals surface area contributed by atoms with E-state index in [0.717, 1.165) is 0 Å². The third-order valence-electron chi connectivity index (χ3n) is 3.65. The van der Waals surface area contributed by atoms with E-state index in [-0.39, 0.29) is 36.8 Å². The highest BCUT2D eigenvalue weighted by molar-refractivity contribution is 5.76. The SMILES string of the molecule is CC1CC(c2ccccc2F)N(C(=O)NCCC(=O)O)C1. The summed E-state index contributed by atoms with van der Waals surface area (Å²) < 4.78 is 13.9. The van der Waals surface area contributed by atoms with Gasteiger partial charge in [-0.1, -0.05) is 25.1 Å². The van der Waals surface area contributed by atoms with Crippen molar-refractivity contribution in [2.75, 3.05) is 13.1 Å². The maximum atomic E-state index is 13.9. The van der Waals surface area contributed by atoms with Gasteiger partial charge in [-0.25, -0.2) is 9.18 Å². The zero-order valence-corrected chi connectivity index (χ0v) is 11.9. The third-order valence-corrected chi connectivity index (χ3v) is 3.65. The average molecular weight is 294 g/mol. The lowest BCUT2D eigenvalue weighted by atomic mass is 10.0. The Morgan fingerprint density at radius 2 is 2.14 bits per heavy atom. The van der Waals surface area contributed by atoms with Gasteiger partial charge in [-0.2, -0.15) is 0 Å². The van der Waals surface area contributed by atoms with Crippen LogP contribution in [0.5, 0.6) is 0 Å². The molecule has 0 aliphatic carbocycles. The van der Waals surface area contributed by atoms with Gasteiger partial charge < -0.3 is 15.3 Å². The van der Waals surface area contributed by atoms with E-state index in [9.17, 15) is 14.0 Å². The molecule has 2 atom stereocenters. The molecule has 2 N–H and O–H groups in total. The molecular weight excluding hydrogens is 275 g/mol. The monoisotopic (exact) mass is 294 g/mol. The predicted octanol–water partition coefficient (Wildman–Crippen LogP) is 2.39. The average Bonchev–Trinajstić information content (AvgIpc) is 2.80. The van der Waals surface area contributed by atoms with Crippen molar-refractivity contribution < 1.29 is 19.1 Å². The minimum atomic E-state index is -0.962. The molecule has 1 heterocycles. The maximum Gasteiger partial charge on any atom is 0.317 e. The first-order chi connectivity index (χ1) is 9.99. The number of likely N-dealkylation sites (tertiary alicyclic amines) is 1. The lowest BCUT2D eigenvalue weighted by molar-refractivity contribution is -0.136. The third kappa shape index (κ3) is 3.71. The Labute approximate surface area is 122 Å². The Kier molecular flexibility index (Phi) is 4.77. The van der Waals surface area contributed by atoms with Crippen LogP contribution in [0.1, 0.15) is 31.4 Å². The van der Waals surface area contributed by atoms with E-state index in [0.29, 0.717) is 18.5 Å². The van der Waals surface area contributed by atoms with Crippen LogP contribution in [0.25, 0.3) is 0 Å². The van der Waals surface area contributed by atoms with E-state index in [1.807, 2.05) is 6.92 Å². The number of hydrogen-bond acceptors (Lipinski definition) is 2. The van der Waals surface area contributed by atoms with Crippen LogP contribution in [-0.2, 0) is 4.79 Å². The number of carboxylic acids is 1. The van der Waals surface area contributed by atoms with E-state index in [1.54, 1.807) is 23.1 Å². The molecule has 0 radical (unpaired) electrons. The molecule has 1 aliphatic heterocycles. The van der Waals surface area contributed by atoms with Crippen molar-refractivity contribution in [1.82, 2.24) is 10.2 Å². The Hall–Kier alpha value is -2.11. The highest BCUT2D eigenvalue weighted by Gasteiger charge is 2.35. The number of benzene rings is 1. The van der Waals surface area contributed by atoms with Gasteiger partial charge in [0.2, 0.25) is 0 Å². The van der Waals surface area contributed by atoms with E-state index >= 15 is 0 Å². The summed E-state index contributed by atoms with van der Waals surface area (Å²) in [5, 5.41) is 11.2. The number of nitrogens with zero attached hydrogens (tertiary/aromatic N) is 1. The molecule has 2 amide bonds. The minimum absolute atomic E-state index is 0.0725. The lowest BCUT2D eigenvalue weighted by Crippen LogP contribution is -2.40. The molecule has 1 aromatic rings. The van der Waals surface area contributed by atoms with Crippen LogP contribution in [0.15, 0.2) is 24.3 Å². The van der Waals surface area contributed by atoms with Gasteiger partial charge in [-0.3, -0.25) is 4.79 Å². The van der Waals surface area contributed by atoms with Crippen LogP contribution >= 0.6 is 0 Å². The predicted molar refractivity (Wildman–Crippen MR) is 75.3 cm³/mol. The molecule has 0 aromatic heterocycles. The molecular formula is C15H19FN2O3. The fourth-order valence-corrected chi connectivity index (χ4v) is 2.69. The van der Waals surface area contributed by atoms with Crippen LogP contribution in [0.4, 0.5) is 9.18 Å². The molecule has 1 fully saturated rings. The number of carbonyl (C=O) groups is 2. The van der Waals surface area contributed by atoms with Crippen molar-refractivity contribution in [1.29, 1.82) is 0 Å². The van der Waals surface area contributed by atoms with Gasteiger partial charge in [0.25, 0.3) is 0 Å². The van der Waals surface area contributed by atoms with Crippen molar-refractivity contribution in [2.45, 2.75) is 25.8 Å². The van der Waals surface area contributed by atoms with Gasteiger partial charge in [0.05, 0.1) is 12.5 Å². The Morgan fingerprint density at radius 3 is 2.81 bits per heavy atom. The molecule has 21 heavy (non-hydrogen) atoms. The molecule has 2 rings (SSSR count). The molecule has 1 saturated heterocycles. The summed E-state index contributed by atoms with van der Waals surface area (Å²) in [6.45, 7) is 2.62. The summed E-state index contributed by atoms with van der Waals surface area (Å²) in [5.41, 5.74) is 0.509. The van der Waals surface area contributed by atoms with E-state index in [4.69, 9.17) is 5.11 Å². The van der Waals surface area contributed by atoms with Gasteiger partial charge in [0, 0.05) is 18.7 Å². The number of rotatable bonds is 4. The molecule has 114 valence electrons. The number of aliphatic carboxylic acids is 1. The smallest absolute Gasteiger partial charge is 0.317 e. The van der Waals surface area contributed by atoms with Crippen LogP contribution in [0.2, 0.25) is 0 Å². The first kappa shape index (κ1) is 15.3. The van der Waals surface area contributed by atoms with Gasteiger partial charge >= 0.3 is 12.0 Å². The summed E-state index contributed by atoms with van der Waals surface area (Å²) in [7, 11) is 0. The zero-order chi connectivity index (χ0) is 15.4. The van der Waals surface area contributed by atoms with Gasteiger partial charge in [0.15, 0.2) is 0 Å². The second-order valence-corrected chi connectivity index (χ2v) is 5.41. The molecule has 0 spiro atoms. The minimum Gasteiger partial charge on any atom is -0.481 e. The van der Waals surface area contributed by atoms with Crippen LogP contribution < -0.4 is 5.32 Å². The molecule has 1 aromatic carbocycles. The van der Waals surface area contributed by atoms with Crippen molar-refractivity contribution in [3.05, 3.63) is 35.6 Å². The number of nitrogens with one attached hydrogen (secondary N) is 1. The number of hydrogen-bond donors (Lipinski definition) is 2. The number of carbonyl (C=O) groups excluding carboxylic acids is 1. The van der Waals surface area contributed by atoms with E-state index in [2.05, 4.69) is 5.32 Å². The summed E-state index contributed by atoms with van der Waals surface area (Å²) in [6, 6.07) is 5.81. The van der Waals surface area contributed by atoms with Gasteiger partial charge in [-0.15, -0.1) is 0 Å². The zero-order valence-electron chi connectivity index (χ0n) is 11.9. The number of amides is 2. The maximum absolute atomic E-state index is 13.9. The number of carboxylic acid groups (broad SMARTS) is 1. The van der Waals surface area contributed by atoms with Crippen LogP contribution in [0.3, 0.4) is 0 Å². The highest BCUT2D eigenvalue weighted by atomic mass is 19.1. The first-order valence-electron chi connectivity index (χ1n) is 6.99. The van der Waals surface area contributed by atoms with Crippen LogP contribution in [0, 0.1) is 11.7 Å². The standard InChI is InChI=1S/C15H19FN2O3/c1-10-8-13(11-4-2-3-5-12(11)16)18(9-10)15(21)17-7-6-14(19)20/h2-5,10,13H,6-9H2,1H3,(H,17,21)(H,19,20). The fraction of sp³-hybridized carbons (Fsp3) is 0.467. The molecule has 0 saturated carbocycles. The largest absolute Gasteiger partial charge is 0.481 e. The Morgan fingerprint density at radius 1 is 1.43 bits per heavy atom. The highest BCUT2D eigenvalue weighted by Crippen LogP contribution is 2.36. The second-order valence-electron chi connectivity index (χ2n) is 5.41. The molecule has 6 heteroatoms. The molecule has 0 bridgehead atoms. The molecule has 1 aliphatic rings. The van der Waals surface area contributed by atoms with Gasteiger partial charge in [0.1, 0.15) is 5.82 Å². The molecule has 5 nitrogen and oxygen atoms in total. The van der Waals surface area contributed by atoms with Crippen molar-refractivity contribution >= 4 is 12.0 Å². The second kappa shape index (κ2) is 6.56. The number of urea groups is 1. The number of halogens is 1. The van der Waals surface area contributed by atoms with E-state index in [1.165, 1.54) is 6.07 Å². The Bertz CT molecular complexity index is 535. The quantitative estimate of drug-likeness (QED) is 0.896. The van der Waals surface area contributed by atoms with Crippen molar-refractivity contribution in [3.63, 3.8) is 0 Å². The van der Waals surface area contributed by atoms with Crippen molar-refractivity contribution in [3.8, 4) is 0 Å². The van der Waals surface area contributed by atoms with Gasteiger partial charge in [-0.05, 0) is 18.4 Å². The summed E-state index contributed by atoms with van der Waals surface area (Å²) in [6.07, 6.45) is 0.576. The molecule has 2 unspecified atom stereocenters. The first-order valence-corrected chi connectivity index (χ1v) is 6.99. The fourth-order valence-electron chi connectivity index (χ4n) is 2.69. The van der Waals surface area contributed by atoms with E-state index < -0.39 is 5.97 Å². The summed E-state index contributed by atoms with van der Waals surface area (Å²) in [5.74, 6) is -1.00. The topological polar surface area (TPSA) is 69.6 Å².